The zero-order valence-electron chi connectivity index (χ0n) is 37.0. The number of fused-ring (bicyclic) bond motifs is 7. The molecule has 0 heterocycles. The Hall–Kier alpha value is -2.29. The zero-order valence-corrected chi connectivity index (χ0v) is 37.7. The molecule has 318 valence electrons. The molecule has 6 rings (SSSR count). The molecule has 0 radical (unpaired) electrons. The fraction of sp³-hybridized carbons (Fsp3) is 0.771. The molecule has 0 aliphatic heterocycles. The van der Waals surface area contributed by atoms with Gasteiger partial charge < -0.3 is 14.7 Å². The van der Waals surface area contributed by atoms with Crippen molar-refractivity contribution in [2.45, 2.75) is 146 Å². The molecule has 0 saturated heterocycles. The molecule has 5 aliphatic rings. The number of allylic oxidation sites excluding steroid dienone is 2. The molecular weight excluding hydrogens is 739 g/mol. The number of ether oxygens (including phenoxy) is 1. The van der Waals surface area contributed by atoms with Crippen LogP contribution in [0.4, 0.5) is 4.39 Å². The summed E-state index contributed by atoms with van der Waals surface area (Å²) in [5.41, 5.74) is 1.81. The van der Waals surface area contributed by atoms with E-state index < -0.39 is 17.4 Å². The number of Topliss-reactive ketones (excluding diaryl/α,β-unsaturated/α-hetero) is 1. The highest BCUT2D eigenvalue weighted by Gasteiger charge is 2.70. The van der Waals surface area contributed by atoms with Gasteiger partial charge in [0.15, 0.2) is 5.78 Å². The van der Waals surface area contributed by atoms with Gasteiger partial charge in [-0.2, -0.15) is 0 Å². The second kappa shape index (κ2) is 15.6. The van der Waals surface area contributed by atoms with Crippen LogP contribution in [0.15, 0.2) is 29.3 Å². The van der Waals surface area contributed by atoms with Gasteiger partial charge in [-0.25, -0.2) is 4.39 Å². The number of benzene rings is 1. The Morgan fingerprint density at radius 3 is 2.30 bits per heavy atom. The van der Waals surface area contributed by atoms with Crippen LogP contribution in [-0.4, -0.2) is 72.5 Å². The Morgan fingerprint density at radius 1 is 0.947 bits per heavy atom. The molecule has 0 bridgehead atoms. The van der Waals surface area contributed by atoms with Gasteiger partial charge in [-0.3, -0.25) is 19.3 Å². The smallest absolute Gasteiger partial charge is 0.309 e. The average molecular weight is 812 g/mol. The van der Waals surface area contributed by atoms with Crippen LogP contribution in [0.1, 0.15) is 139 Å². The summed E-state index contributed by atoms with van der Waals surface area (Å²) >= 11 is 6.23. The number of esters is 1. The maximum absolute atomic E-state index is 15.2. The number of hydrogen-bond donors (Lipinski definition) is 1. The van der Waals surface area contributed by atoms with Gasteiger partial charge in [0.2, 0.25) is 0 Å². The van der Waals surface area contributed by atoms with Crippen molar-refractivity contribution in [3.63, 3.8) is 0 Å². The second-order valence-corrected chi connectivity index (χ2v) is 22.1. The second-order valence-electron chi connectivity index (χ2n) is 21.7. The van der Waals surface area contributed by atoms with Gasteiger partial charge in [0.05, 0.1) is 16.9 Å². The Bertz CT molecular complexity index is 1770. The van der Waals surface area contributed by atoms with Gasteiger partial charge in [-0.15, -0.1) is 0 Å². The summed E-state index contributed by atoms with van der Waals surface area (Å²) in [5, 5.41) is 9.80. The Balaban J connectivity index is 1.27. The Morgan fingerprint density at radius 2 is 1.65 bits per heavy atom. The van der Waals surface area contributed by atoms with Crippen LogP contribution in [0, 0.1) is 62.0 Å². The van der Waals surface area contributed by atoms with Crippen molar-refractivity contribution in [3.8, 4) is 0 Å². The third-order valence-electron chi connectivity index (χ3n) is 17.1. The lowest BCUT2D eigenvalue weighted by Crippen LogP contribution is -2.65. The number of ketones is 1. The highest BCUT2D eigenvalue weighted by atomic mass is 35.5. The Labute approximate surface area is 347 Å². The number of carbonyl (C=O) groups excluding carboxylic acids is 2. The van der Waals surface area contributed by atoms with E-state index >= 15 is 4.39 Å². The maximum Gasteiger partial charge on any atom is 0.309 e. The van der Waals surface area contributed by atoms with Crippen LogP contribution in [0.3, 0.4) is 0 Å². The van der Waals surface area contributed by atoms with E-state index in [9.17, 15) is 19.5 Å². The fourth-order valence-corrected chi connectivity index (χ4v) is 14.0. The molecule has 0 amide bonds. The van der Waals surface area contributed by atoms with Gasteiger partial charge in [-0.1, -0.05) is 77.8 Å². The largest absolute Gasteiger partial charge is 0.481 e. The monoisotopic (exact) mass is 811 g/mol. The molecule has 1 aromatic carbocycles. The van der Waals surface area contributed by atoms with E-state index in [4.69, 9.17) is 16.3 Å². The predicted octanol–water partition coefficient (Wildman–Crippen LogP) is 10.6. The molecule has 1 N–H and O–H groups in total. The van der Waals surface area contributed by atoms with Crippen LogP contribution >= 0.6 is 11.6 Å². The molecule has 0 unspecified atom stereocenters. The number of nitrogens with zero attached hydrogens (tertiary/aromatic N) is 2. The SMILES string of the molecule is CC(C)C1=C2[C@H]3CC[C@@H]4[C@@]5(C)CC[C@H](OC(=O)CC(C)(C)C(=O)O)C(C)(C)[C@@H]5CC[C@@]4(C)[C@]3(C)CC[C@@]2(CCN(CCN(C)C)Cc2cccc(Cl)c2F)CC1=O. The molecule has 0 spiro atoms. The van der Waals surface area contributed by atoms with Crippen molar-refractivity contribution < 1.29 is 28.6 Å². The van der Waals surface area contributed by atoms with E-state index in [2.05, 4.69) is 72.4 Å². The summed E-state index contributed by atoms with van der Waals surface area (Å²) in [6.45, 7) is 22.8. The van der Waals surface area contributed by atoms with Crippen molar-refractivity contribution in [2.75, 3.05) is 33.7 Å². The first-order valence-corrected chi connectivity index (χ1v) is 22.3. The van der Waals surface area contributed by atoms with Crippen molar-refractivity contribution in [3.05, 3.63) is 45.7 Å². The number of rotatable bonds is 13. The van der Waals surface area contributed by atoms with Crippen LogP contribution in [0.2, 0.25) is 5.02 Å². The van der Waals surface area contributed by atoms with E-state index in [-0.39, 0.29) is 56.4 Å². The fourth-order valence-electron chi connectivity index (χ4n) is 13.8. The topological polar surface area (TPSA) is 87.2 Å². The van der Waals surface area contributed by atoms with Gasteiger partial charge in [0.25, 0.3) is 0 Å². The van der Waals surface area contributed by atoms with E-state index in [0.717, 1.165) is 83.0 Å². The van der Waals surface area contributed by atoms with Crippen LogP contribution in [0.25, 0.3) is 0 Å². The molecule has 8 atom stereocenters. The van der Waals surface area contributed by atoms with Gasteiger partial charge in [0, 0.05) is 42.4 Å². The summed E-state index contributed by atoms with van der Waals surface area (Å²) in [6, 6.07) is 5.28. The predicted molar refractivity (Wildman–Crippen MR) is 225 cm³/mol. The molecule has 4 saturated carbocycles. The number of hydrogen-bond acceptors (Lipinski definition) is 6. The lowest BCUT2D eigenvalue weighted by molar-refractivity contribution is -0.233. The first-order valence-electron chi connectivity index (χ1n) is 21.9. The quantitative estimate of drug-likeness (QED) is 0.199. The zero-order chi connectivity index (χ0) is 42.1. The summed E-state index contributed by atoms with van der Waals surface area (Å²) in [6.07, 6.45) is 9.36. The number of carbonyl (C=O) groups is 3. The van der Waals surface area contributed by atoms with Crippen LogP contribution in [0.5, 0.6) is 0 Å². The van der Waals surface area contributed by atoms with Crippen LogP contribution < -0.4 is 0 Å². The van der Waals surface area contributed by atoms with Gasteiger partial charge in [-0.05, 0) is 144 Å². The first kappa shape index (κ1) is 44.3. The summed E-state index contributed by atoms with van der Waals surface area (Å²) in [4.78, 5) is 43.8. The molecular formula is C48H72ClFN2O5. The lowest BCUT2D eigenvalue weighted by Gasteiger charge is -2.72. The first-order chi connectivity index (χ1) is 26.4. The number of likely N-dealkylation sites (N-methyl/N-ethyl adjacent to an activating group) is 1. The summed E-state index contributed by atoms with van der Waals surface area (Å²) < 4.78 is 21.4. The normalized spacial score (nSPS) is 34.9. The van der Waals surface area contributed by atoms with Crippen LogP contribution in [-0.2, 0) is 25.7 Å². The van der Waals surface area contributed by atoms with Gasteiger partial charge in [0.1, 0.15) is 11.9 Å². The molecule has 1 aromatic rings. The lowest BCUT2D eigenvalue weighted by atomic mass is 9.33. The average Bonchev–Trinajstić information content (AvgIpc) is 3.41. The Kier molecular flexibility index (Phi) is 12.1. The van der Waals surface area contributed by atoms with Crippen molar-refractivity contribution in [1.82, 2.24) is 9.80 Å². The highest BCUT2D eigenvalue weighted by molar-refractivity contribution is 6.30. The third-order valence-corrected chi connectivity index (χ3v) is 17.4. The molecule has 9 heteroatoms. The molecule has 0 aromatic heterocycles. The molecule has 4 fully saturated rings. The number of halogens is 2. The maximum atomic E-state index is 15.2. The van der Waals surface area contributed by atoms with E-state index in [1.807, 2.05) is 12.1 Å². The van der Waals surface area contributed by atoms with Gasteiger partial charge >= 0.3 is 11.9 Å². The van der Waals surface area contributed by atoms with Crippen molar-refractivity contribution in [1.29, 1.82) is 0 Å². The van der Waals surface area contributed by atoms with Crippen molar-refractivity contribution in [2.24, 2.45) is 56.2 Å². The highest BCUT2D eigenvalue weighted by Crippen LogP contribution is 2.77. The number of aliphatic carboxylic acids is 1. The third kappa shape index (κ3) is 7.57. The minimum Gasteiger partial charge on any atom is -0.481 e. The van der Waals surface area contributed by atoms with E-state index in [0.29, 0.717) is 42.1 Å². The molecule has 57 heavy (non-hydrogen) atoms. The molecule has 5 aliphatic carbocycles. The van der Waals surface area contributed by atoms with E-state index in [1.165, 1.54) is 5.57 Å². The summed E-state index contributed by atoms with van der Waals surface area (Å²) in [7, 11) is 4.14. The molecule has 7 nitrogen and oxygen atoms in total. The number of carboxylic acids is 1. The van der Waals surface area contributed by atoms with Crippen molar-refractivity contribution >= 4 is 29.3 Å². The minimum absolute atomic E-state index is 0.0396. The van der Waals surface area contributed by atoms with E-state index in [1.54, 1.807) is 19.9 Å². The summed E-state index contributed by atoms with van der Waals surface area (Å²) in [5.74, 6) is -0.00687. The minimum atomic E-state index is -1.17. The number of carboxylic acid groups (broad SMARTS) is 1. The standard InChI is InChI=1S/C48H72ClFN2O5/c1-30(2)39-34(53)27-48(23-24-52(26-25-51(10)11)29-31-13-12-14-33(49)41(31)50)22-21-46(8)32(40(39)48)15-16-36-45(7)19-18-37(57-38(54)28-43(3,4)42(55)56)44(5,6)35(45)17-20-47(36,46)9/h12-14,30,32,35-37H,15-29H2,1-11H3,(H,55,56)/t32-,35+,36-,37+,45+,46-,47-,48-/m1/s1.